The average molecular weight is 598 g/mol. The Labute approximate surface area is 253 Å². The molecule has 9 nitrogen and oxygen atoms in total. The highest BCUT2D eigenvalue weighted by molar-refractivity contribution is 7.80. The first-order valence-corrected chi connectivity index (χ1v) is 15.0. The first-order valence-electron chi connectivity index (χ1n) is 14.6. The van der Waals surface area contributed by atoms with Crippen LogP contribution in [0.2, 0.25) is 0 Å². The monoisotopic (exact) mass is 597 g/mol. The Morgan fingerprint density at radius 2 is 1.88 bits per heavy atom. The smallest absolute Gasteiger partial charge is 0.335 e. The number of thiocarbonyl (C=S) groups is 1. The fraction of sp³-hybridized carbons (Fsp3) is 0.562. The van der Waals surface area contributed by atoms with Gasteiger partial charge in [-0.25, -0.2) is 10.2 Å². The number of allylic oxidation sites excluding steroid dienone is 1. The van der Waals surface area contributed by atoms with Crippen LogP contribution < -0.4 is 16.2 Å². The van der Waals surface area contributed by atoms with Crippen LogP contribution in [0.3, 0.4) is 0 Å². The summed E-state index contributed by atoms with van der Waals surface area (Å²) in [5.74, 6) is -0.947. The van der Waals surface area contributed by atoms with Crippen molar-refractivity contribution in [2.45, 2.75) is 78.9 Å². The van der Waals surface area contributed by atoms with Gasteiger partial charge in [-0.3, -0.25) is 15.0 Å². The molecule has 2 fully saturated rings. The van der Waals surface area contributed by atoms with Gasteiger partial charge in [0.1, 0.15) is 19.3 Å². The van der Waals surface area contributed by atoms with Crippen molar-refractivity contribution in [3.05, 3.63) is 53.6 Å². The van der Waals surface area contributed by atoms with Crippen molar-refractivity contribution in [1.29, 1.82) is 0 Å². The second kappa shape index (κ2) is 13.0. The molecule has 42 heavy (non-hydrogen) atoms. The van der Waals surface area contributed by atoms with Crippen molar-refractivity contribution in [2.24, 2.45) is 22.7 Å². The Balaban J connectivity index is 1.57. The SMILES string of the molecule is C=C1CC[C@@H]2[C@](C)(COC(C)=O)[C@H](OC(C)=O)CC[C@@]2(C)[C@@H]1C[C@H](NNC(=S)Nc1ccc(C)cc1)C1=CCOC1=O. The molecule has 0 unspecified atom stereocenters. The molecular formula is C32H43N3O6S. The minimum atomic E-state index is -0.574. The molecule has 228 valence electrons. The van der Waals surface area contributed by atoms with Crippen molar-refractivity contribution in [3.63, 3.8) is 0 Å². The van der Waals surface area contributed by atoms with Gasteiger partial charge in [-0.2, -0.15) is 0 Å². The third kappa shape index (κ3) is 6.86. The van der Waals surface area contributed by atoms with Gasteiger partial charge in [0, 0.05) is 24.9 Å². The molecule has 2 aliphatic carbocycles. The lowest BCUT2D eigenvalue weighted by atomic mass is 9.46. The maximum Gasteiger partial charge on any atom is 0.335 e. The number of hydrazine groups is 1. The number of nitrogens with one attached hydrogen (secondary N) is 3. The molecule has 0 amide bonds. The van der Waals surface area contributed by atoms with E-state index in [1.54, 1.807) is 0 Å². The van der Waals surface area contributed by atoms with Gasteiger partial charge < -0.3 is 19.5 Å². The molecule has 2 saturated carbocycles. The summed E-state index contributed by atoms with van der Waals surface area (Å²) in [5.41, 5.74) is 9.23. The maximum absolute atomic E-state index is 12.7. The predicted molar refractivity (Wildman–Crippen MR) is 164 cm³/mol. The van der Waals surface area contributed by atoms with Crippen LogP contribution in [-0.2, 0) is 28.6 Å². The third-order valence-corrected chi connectivity index (χ3v) is 9.68. The van der Waals surface area contributed by atoms with E-state index in [-0.39, 0.29) is 54.5 Å². The van der Waals surface area contributed by atoms with E-state index in [1.165, 1.54) is 13.8 Å². The topological polar surface area (TPSA) is 115 Å². The number of ether oxygens (including phenoxy) is 3. The summed E-state index contributed by atoms with van der Waals surface area (Å²) >= 11 is 5.54. The number of esters is 3. The molecule has 1 aromatic carbocycles. The van der Waals surface area contributed by atoms with E-state index >= 15 is 0 Å². The van der Waals surface area contributed by atoms with E-state index in [0.29, 0.717) is 23.5 Å². The minimum Gasteiger partial charge on any atom is -0.465 e. The Hall–Kier alpha value is -3.24. The van der Waals surface area contributed by atoms with E-state index < -0.39 is 11.5 Å². The van der Waals surface area contributed by atoms with Crippen LogP contribution in [0.1, 0.15) is 65.4 Å². The molecule has 3 aliphatic rings. The highest BCUT2D eigenvalue weighted by atomic mass is 32.1. The van der Waals surface area contributed by atoms with Crippen molar-refractivity contribution in [3.8, 4) is 0 Å². The molecule has 1 heterocycles. The van der Waals surface area contributed by atoms with Gasteiger partial charge in [-0.05, 0) is 86.7 Å². The van der Waals surface area contributed by atoms with Crippen LogP contribution in [0.15, 0.2) is 48.1 Å². The molecule has 0 aromatic heterocycles. The van der Waals surface area contributed by atoms with E-state index in [2.05, 4.69) is 36.6 Å². The van der Waals surface area contributed by atoms with Crippen LogP contribution in [0, 0.1) is 29.6 Å². The van der Waals surface area contributed by atoms with Crippen molar-refractivity contribution in [1.82, 2.24) is 10.9 Å². The molecular weight excluding hydrogens is 554 g/mol. The number of rotatable bonds is 9. The summed E-state index contributed by atoms with van der Waals surface area (Å²) in [7, 11) is 0. The number of fused-ring (bicyclic) bond motifs is 1. The molecule has 4 rings (SSSR count). The summed E-state index contributed by atoms with van der Waals surface area (Å²) < 4.78 is 16.7. The van der Waals surface area contributed by atoms with E-state index in [9.17, 15) is 14.4 Å². The van der Waals surface area contributed by atoms with Gasteiger partial charge >= 0.3 is 17.9 Å². The van der Waals surface area contributed by atoms with E-state index in [0.717, 1.165) is 36.1 Å². The third-order valence-electron chi connectivity index (χ3n) is 9.48. The summed E-state index contributed by atoms with van der Waals surface area (Å²) in [6.45, 7) is 14.0. The van der Waals surface area contributed by atoms with Crippen LogP contribution in [0.25, 0.3) is 0 Å². The zero-order valence-electron chi connectivity index (χ0n) is 25.2. The van der Waals surface area contributed by atoms with Gasteiger partial charge in [0.15, 0.2) is 5.11 Å². The second-order valence-electron chi connectivity index (χ2n) is 12.4. The van der Waals surface area contributed by atoms with E-state index in [1.807, 2.05) is 37.3 Å². The summed E-state index contributed by atoms with van der Waals surface area (Å²) in [5, 5.41) is 3.54. The lowest BCUT2D eigenvalue weighted by molar-refractivity contribution is -0.192. The average Bonchev–Trinajstić information content (AvgIpc) is 3.35. The van der Waals surface area contributed by atoms with Crippen LogP contribution in [0.4, 0.5) is 5.69 Å². The zero-order valence-corrected chi connectivity index (χ0v) is 26.0. The highest BCUT2D eigenvalue weighted by Crippen LogP contribution is 2.62. The molecule has 0 saturated heterocycles. The number of anilines is 1. The molecule has 3 N–H and O–H groups in total. The molecule has 0 spiro atoms. The number of aryl methyl sites for hydroxylation is 1. The normalized spacial score (nSPS) is 29.5. The fourth-order valence-corrected chi connectivity index (χ4v) is 7.54. The molecule has 10 heteroatoms. The van der Waals surface area contributed by atoms with Gasteiger partial charge in [0.2, 0.25) is 0 Å². The summed E-state index contributed by atoms with van der Waals surface area (Å²) in [6.07, 6.45) is 5.08. The first-order chi connectivity index (χ1) is 19.8. The van der Waals surface area contributed by atoms with Gasteiger partial charge in [-0.1, -0.05) is 43.7 Å². The number of benzene rings is 1. The van der Waals surface area contributed by atoms with Gasteiger partial charge in [0.05, 0.1) is 11.6 Å². The summed E-state index contributed by atoms with van der Waals surface area (Å²) in [6, 6.07) is 7.49. The minimum absolute atomic E-state index is 0.0263. The maximum atomic E-state index is 12.7. The molecule has 6 atom stereocenters. The zero-order chi connectivity index (χ0) is 30.7. The lowest BCUT2D eigenvalue weighted by Crippen LogP contribution is -2.59. The largest absolute Gasteiger partial charge is 0.465 e. The number of carbonyl (C=O) groups is 3. The molecule has 0 radical (unpaired) electrons. The lowest BCUT2D eigenvalue weighted by Gasteiger charge is -2.60. The highest BCUT2D eigenvalue weighted by Gasteiger charge is 2.60. The van der Waals surface area contributed by atoms with Crippen LogP contribution >= 0.6 is 12.2 Å². The number of hydrogen-bond donors (Lipinski definition) is 3. The number of carbonyl (C=O) groups excluding carboxylic acids is 3. The number of hydrogen-bond acceptors (Lipinski definition) is 8. The standard InChI is InChI=1S/C32H43N3O6S/c1-19-7-10-23(11-8-19)33-30(42)35-34-26(24-14-16-39-29(24)38)17-25-20(2)9-12-27-31(25,5)15-13-28(41-22(4)37)32(27,6)18-40-21(3)36/h7-8,10-11,14,25-28,34H,2,9,12-13,15-18H2,1,3-6H3,(H2,33,35,42)/t25-,26+,27+,28-,31+,32+/m1/s1. The fourth-order valence-electron chi connectivity index (χ4n) is 7.36. The first kappa shape index (κ1) is 31.7. The van der Waals surface area contributed by atoms with Crippen LogP contribution in [-0.4, -0.2) is 48.4 Å². The predicted octanol–water partition coefficient (Wildman–Crippen LogP) is 4.91. The Morgan fingerprint density at radius 3 is 2.50 bits per heavy atom. The Kier molecular flexibility index (Phi) is 9.77. The van der Waals surface area contributed by atoms with Crippen molar-refractivity contribution >= 4 is 40.9 Å². The summed E-state index contributed by atoms with van der Waals surface area (Å²) in [4.78, 5) is 36.7. The number of cyclic esters (lactones) is 1. The Bertz CT molecular complexity index is 1260. The van der Waals surface area contributed by atoms with E-state index in [4.69, 9.17) is 26.4 Å². The van der Waals surface area contributed by atoms with Crippen molar-refractivity contribution < 1.29 is 28.6 Å². The van der Waals surface area contributed by atoms with Crippen molar-refractivity contribution in [2.75, 3.05) is 18.5 Å². The van der Waals surface area contributed by atoms with Gasteiger partial charge in [0.25, 0.3) is 0 Å². The molecule has 1 aliphatic heterocycles. The quantitative estimate of drug-likeness (QED) is 0.119. The molecule has 1 aromatic rings. The second-order valence-corrected chi connectivity index (χ2v) is 12.8. The molecule has 0 bridgehead atoms. The van der Waals surface area contributed by atoms with Crippen LogP contribution in [0.5, 0.6) is 0 Å². The Morgan fingerprint density at radius 1 is 1.17 bits per heavy atom. The van der Waals surface area contributed by atoms with Gasteiger partial charge in [-0.15, -0.1) is 0 Å².